The van der Waals surface area contributed by atoms with Crippen molar-refractivity contribution in [2.24, 2.45) is 0 Å². The zero-order valence-corrected chi connectivity index (χ0v) is 16.6. The van der Waals surface area contributed by atoms with Crippen molar-refractivity contribution < 1.29 is 22.1 Å². The molecule has 152 valence electrons. The fourth-order valence-electron chi connectivity index (χ4n) is 3.20. The fourth-order valence-corrected chi connectivity index (χ4v) is 4.91. The second kappa shape index (κ2) is 8.38. The third-order valence-electron chi connectivity index (χ3n) is 4.70. The number of carbonyl (C=O) groups is 1. The van der Waals surface area contributed by atoms with Crippen molar-refractivity contribution in [2.45, 2.75) is 25.2 Å². The van der Waals surface area contributed by atoms with Crippen LogP contribution in [0.2, 0.25) is 0 Å². The lowest BCUT2D eigenvalue weighted by Crippen LogP contribution is -2.49. The Balaban J connectivity index is 1.50. The molecule has 1 amide bonds. The van der Waals surface area contributed by atoms with E-state index in [9.17, 15) is 17.6 Å². The van der Waals surface area contributed by atoms with Gasteiger partial charge >= 0.3 is 0 Å². The molecule has 1 N–H and O–H groups in total. The predicted octanol–water partition coefficient (Wildman–Crippen LogP) is 1.77. The summed E-state index contributed by atoms with van der Waals surface area (Å²) in [6.45, 7) is 5.32. The minimum Gasteiger partial charge on any atom is -0.360 e. The number of nitrogens with one attached hydrogen (secondary N) is 1. The zero-order valence-electron chi connectivity index (χ0n) is 15.8. The van der Waals surface area contributed by atoms with Crippen LogP contribution in [0.3, 0.4) is 0 Å². The van der Waals surface area contributed by atoms with Crippen molar-refractivity contribution in [1.82, 2.24) is 14.4 Å². The highest BCUT2D eigenvalue weighted by atomic mass is 32.2. The number of sulfonamides is 1. The lowest BCUT2D eigenvalue weighted by Gasteiger charge is -2.33. The van der Waals surface area contributed by atoms with E-state index in [2.05, 4.69) is 10.5 Å². The molecule has 2 aromatic rings. The highest BCUT2D eigenvalue weighted by Crippen LogP contribution is 2.24. The predicted molar refractivity (Wildman–Crippen MR) is 101 cm³/mol. The average molecular weight is 410 g/mol. The van der Waals surface area contributed by atoms with Gasteiger partial charge in [-0.1, -0.05) is 17.3 Å². The molecule has 0 saturated carbocycles. The van der Waals surface area contributed by atoms with E-state index in [1.54, 1.807) is 26.0 Å². The van der Waals surface area contributed by atoms with Crippen LogP contribution in [-0.4, -0.2) is 61.4 Å². The molecule has 1 saturated heterocycles. The first-order valence-corrected chi connectivity index (χ1v) is 10.4. The molecule has 8 nitrogen and oxygen atoms in total. The molecule has 3 rings (SSSR count). The molecular weight excluding hydrogens is 387 g/mol. The monoisotopic (exact) mass is 410 g/mol. The molecule has 1 aliphatic heterocycles. The molecule has 0 unspecified atom stereocenters. The van der Waals surface area contributed by atoms with Gasteiger partial charge in [0.25, 0.3) is 0 Å². The minimum atomic E-state index is -3.65. The van der Waals surface area contributed by atoms with E-state index in [4.69, 9.17) is 4.52 Å². The first-order chi connectivity index (χ1) is 13.3. The maximum atomic E-state index is 13.6. The molecule has 1 aromatic heterocycles. The summed E-state index contributed by atoms with van der Waals surface area (Å²) in [6.07, 6.45) is 0.199. The van der Waals surface area contributed by atoms with Gasteiger partial charge in [-0.2, -0.15) is 4.31 Å². The van der Waals surface area contributed by atoms with E-state index in [0.717, 1.165) is 0 Å². The number of halogens is 1. The first kappa shape index (κ1) is 20.4. The maximum Gasteiger partial charge on any atom is 0.248 e. The topological polar surface area (TPSA) is 95.8 Å². The van der Waals surface area contributed by atoms with Gasteiger partial charge in [0.1, 0.15) is 16.4 Å². The molecule has 0 atom stereocenters. The molecular formula is C18H23FN4O4S. The van der Waals surface area contributed by atoms with E-state index in [1.165, 1.54) is 16.4 Å². The lowest BCUT2D eigenvalue weighted by molar-refractivity contribution is -0.116. The minimum absolute atomic E-state index is 0.130. The number of nitrogens with zero attached hydrogens (tertiary/aromatic N) is 3. The van der Waals surface area contributed by atoms with Crippen molar-refractivity contribution in [3.05, 3.63) is 41.5 Å². The van der Waals surface area contributed by atoms with Crippen molar-refractivity contribution >= 4 is 21.6 Å². The van der Waals surface area contributed by atoms with Crippen LogP contribution in [0.5, 0.6) is 0 Å². The number of aryl methyl sites for hydroxylation is 2. The third-order valence-corrected chi connectivity index (χ3v) is 6.84. The van der Waals surface area contributed by atoms with Crippen molar-refractivity contribution in [3.8, 4) is 0 Å². The number of hydrogen-bond donors (Lipinski definition) is 1. The molecule has 28 heavy (non-hydrogen) atoms. The molecule has 0 radical (unpaired) electrons. The molecule has 2 heterocycles. The largest absolute Gasteiger partial charge is 0.360 e. The van der Waals surface area contributed by atoms with Gasteiger partial charge in [0.15, 0.2) is 5.76 Å². The van der Waals surface area contributed by atoms with Crippen molar-refractivity contribution in [3.63, 3.8) is 0 Å². The molecule has 0 spiro atoms. The number of anilines is 1. The molecule has 1 fully saturated rings. The van der Waals surface area contributed by atoms with Crippen molar-refractivity contribution in [1.29, 1.82) is 0 Å². The van der Waals surface area contributed by atoms with Gasteiger partial charge in [-0.05, 0) is 26.0 Å². The van der Waals surface area contributed by atoms with Gasteiger partial charge in [0, 0.05) is 39.1 Å². The van der Waals surface area contributed by atoms with Gasteiger partial charge in [-0.25, -0.2) is 12.8 Å². The highest BCUT2D eigenvalue weighted by molar-refractivity contribution is 7.89. The number of amides is 1. The summed E-state index contributed by atoms with van der Waals surface area (Å²) in [6, 6.07) is 6.00. The molecule has 10 heteroatoms. The number of para-hydroxylation sites is 1. The highest BCUT2D eigenvalue weighted by Gasteiger charge is 2.33. The second-order valence-electron chi connectivity index (χ2n) is 6.68. The van der Waals surface area contributed by atoms with Crippen LogP contribution < -0.4 is 5.32 Å². The number of carbonyl (C=O) groups excluding carboxylic acids is 1. The van der Waals surface area contributed by atoms with Crippen molar-refractivity contribution in [2.75, 3.05) is 38.0 Å². The van der Waals surface area contributed by atoms with Crippen LogP contribution in [0.15, 0.2) is 33.7 Å². The zero-order chi connectivity index (χ0) is 20.3. The van der Waals surface area contributed by atoms with Crippen LogP contribution in [-0.2, 0) is 14.8 Å². The van der Waals surface area contributed by atoms with Gasteiger partial charge in [-0.15, -0.1) is 0 Å². The summed E-state index contributed by atoms with van der Waals surface area (Å²) in [5.74, 6) is -0.477. The number of aromatic nitrogens is 1. The van der Waals surface area contributed by atoms with Crippen LogP contribution in [0.25, 0.3) is 0 Å². The number of piperazine rings is 1. The summed E-state index contributed by atoms with van der Waals surface area (Å²) in [5, 5.41) is 6.27. The van der Waals surface area contributed by atoms with Gasteiger partial charge in [0.2, 0.25) is 15.9 Å². The maximum absolute atomic E-state index is 13.6. The smallest absolute Gasteiger partial charge is 0.248 e. The average Bonchev–Trinajstić information content (AvgIpc) is 3.01. The van der Waals surface area contributed by atoms with E-state index in [0.29, 0.717) is 38.4 Å². The third kappa shape index (κ3) is 4.40. The number of rotatable bonds is 6. The normalized spacial score (nSPS) is 16.2. The summed E-state index contributed by atoms with van der Waals surface area (Å²) in [7, 11) is -3.65. The van der Waals surface area contributed by atoms with Crippen LogP contribution in [0.1, 0.15) is 17.9 Å². The summed E-state index contributed by atoms with van der Waals surface area (Å²) in [5.41, 5.74) is 0.507. The molecule has 1 aliphatic rings. The quantitative estimate of drug-likeness (QED) is 0.780. The number of benzene rings is 1. The Labute approximate surface area is 163 Å². The molecule has 1 aromatic carbocycles. The summed E-state index contributed by atoms with van der Waals surface area (Å²) in [4.78, 5) is 14.2. The Morgan fingerprint density at radius 2 is 1.89 bits per heavy atom. The lowest BCUT2D eigenvalue weighted by atomic mass is 10.2. The Kier molecular flexibility index (Phi) is 6.11. The van der Waals surface area contributed by atoms with Gasteiger partial charge < -0.3 is 14.7 Å². The Hall–Kier alpha value is -2.30. The Bertz CT molecular complexity index is 933. The summed E-state index contributed by atoms with van der Waals surface area (Å²) < 4.78 is 45.6. The first-order valence-electron chi connectivity index (χ1n) is 8.99. The number of hydrogen-bond acceptors (Lipinski definition) is 6. The van der Waals surface area contributed by atoms with E-state index >= 15 is 0 Å². The molecule has 0 aliphatic carbocycles. The van der Waals surface area contributed by atoms with E-state index < -0.39 is 15.8 Å². The Morgan fingerprint density at radius 3 is 2.50 bits per heavy atom. The van der Waals surface area contributed by atoms with Gasteiger partial charge in [0.05, 0.1) is 5.69 Å². The second-order valence-corrected chi connectivity index (χ2v) is 8.55. The van der Waals surface area contributed by atoms with E-state index in [1.807, 2.05) is 4.90 Å². The fraction of sp³-hybridized carbons (Fsp3) is 0.444. The summed E-state index contributed by atoms with van der Waals surface area (Å²) >= 11 is 0. The SMILES string of the molecule is Cc1noc(C)c1S(=O)(=O)N1CCN(CCC(=O)Nc2ccccc2F)CC1. The van der Waals surface area contributed by atoms with E-state index in [-0.39, 0.29) is 28.7 Å². The Morgan fingerprint density at radius 1 is 1.21 bits per heavy atom. The van der Waals surface area contributed by atoms with Crippen LogP contribution in [0, 0.1) is 19.7 Å². The van der Waals surface area contributed by atoms with Gasteiger partial charge in [-0.3, -0.25) is 4.79 Å². The standard InChI is InChI=1S/C18H23FN4O4S/c1-13-18(14(2)27-21-13)28(25,26)23-11-9-22(10-12-23)8-7-17(24)20-16-6-4-3-5-15(16)19/h3-6H,7-12H2,1-2H3,(H,20,24). The van der Waals surface area contributed by atoms with Crippen LogP contribution >= 0.6 is 0 Å². The molecule has 0 bridgehead atoms. The van der Waals surface area contributed by atoms with Crippen LogP contribution in [0.4, 0.5) is 10.1 Å².